The average Bonchev–Trinajstić information content (AvgIpc) is 3.06. The molecule has 0 aliphatic rings. The van der Waals surface area contributed by atoms with Gasteiger partial charge >= 0.3 is 0 Å². The largest absolute Gasteiger partial charge is 0.399 e. The van der Waals surface area contributed by atoms with Crippen molar-refractivity contribution < 1.29 is 0 Å². The van der Waals surface area contributed by atoms with Crippen LogP contribution in [0.15, 0.2) is 36.7 Å². The first kappa shape index (κ1) is 13.4. The number of hydrogen-bond acceptors (Lipinski definition) is 4. The lowest BCUT2D eigenvalue weighted by molar-refractivity contribution is 0.575. The van der Waals surface area contributed by atoms with Crippen molar-refractivity contribution in [2.24, 2.45) is 0 Å². The SMILES string of the molecule is CCn1nc(C)cc1Cn1cnc(-c2cccc(N)c2)n1. The third kappa shape index (κ3) is 2.79. The maximum Gasteiger partial charge on any atom is 0.181 e. The van der Waals surface area contributed by atoms with Crippen LogP contribution < -0.4 is 5.73 Å². The molecule has 1 aromatic carbocycles. The Balaban J connectivity index is 1.85. The summed E-state index contributed by atoms with van der Waals surface area (Å²) >= 11 is 0. The summed E-state index contributed by atoms with van der Waals surface area (Å²) in [4.78, 5) is 4.35. The highest BCUT2D eigenvalue weighted by Crippen LogP contribution is 2.17. The molecule has 6 heteroatoms. The van der Waals surface area contributed by atoms with E-state index in [0.717, 1.165) is 23.5 Å². The number of aryl methyl sites for hydroxylation is 2. The van der Waals surface area contributed by atoms with E-state index < -0.39 is 0 Å². The molecule has 108 valence electrons. The molecule has 0 bridgehead atoms. The molecule has 3 aromatic rings. The highest BCUT2D eigenvalue weighted by molar-refractivity contribution is 5.60. The average molecular weight is 282 g/mol. The molecule has 2 heterocycles. The normalized spacial score (nSPS) is 11.0. The Hall–Kier alpha value is -2.63. The standard InChI is InChI=1S/C15H18N6/c1-3-21-14(7-11(2)18-21)9-20-10-17-15(19-20)12-5-4-6-13(16)8-12/h4-8,10H,3,9,16H2,1-2H3. The van der Waals surface area contributed by atoms with E-state index in [0.29, 0.717) is 18.1 Å². The van der Waals surface area contributed by atoms with Gasteiger partial charge < -0.3 is 5.73 Å². The van der Waals surface area contributed by atoms with Crippen molar-refractivity contribution >= 4 is 5.69 Å². The molecule has 21 heavy (non-hydrogen) atoms. The first-order valence-corrected chi connectivity index (χ1v) is 6.94. The molecule has 0 radical (unpaired) electrons. The van der Waals surface area contributed by atoms with E-state index in [1.165, 1.54) is 0 Å². The highest BCUT2D eigenvalue weighted by atomic mass is 15.4. The van der Waals surface area contributed by atoms with E-state index in [-0.39, 0.29) is 0 Å². The minimum absolute atomic E-state index is 0.657. The fourth-order valence-corrected chi connectivity index (χ4v) is 2.35. The van der Waals surface area contributed by atoms with E-state index in [4.69, 9.17) is 5.73 Å². The summed E-state index contributed by atoms with van der Waals surface area (Å²) in [5.74, 6) is 0.682. The van der Waals surface area contributed by atoms with Crippen LogP contribution in [0.1, 0.15) is 18.3 Å². The van der Waals surface area contributed by atoms with Gasteiger partial charge in [-0.2, -0.15) is 10.2 Å². The molecule has 0 amide bonds. The van der Waals surface area contributed by atoms with Crippen LogP contribution in [-0.2, 0) is 13.1 Å². The van der Waals surface area contributed by atoms with E-state index >= 15 is 0 Å². The van der Waals surface area contributed by atoms with Gasteiger partial charge in [-0.1, -0.05) is 12.1 Å². The first-order valence-electron chi connectivity index (χ1n) is 6.94. The minimum Gasteiger partial charge on any atom is -0.399 e. The molecule has 0 aliphatic carbocycles. The zero-order chi connectivity index (χ0) is 14.8. The Morgan fingerprint density at radius 1 is 1.19 bits per heavy atom. The van der Waals surface area contributed by atoms with Gasteiger partial charge in [0.05, 0.1) is 17.9 Å². The fraction of sp³-hybridized carbons (Fsp3) is 0.267. The molecule has 0 atom stereocenters. The summed E-state index contributed by atoms with van der Waals surface area (Å²) in [7, 11) is 0. The molecule has 0 aliphatic heterocycles. The first-order chi connectivity index (χ1) is 10.2. The number of nitrogen functional groups attached to an aromatic ring is 1. The van der Waals surface area contributed by atoms with Crippen LogP contribution in [0, 0.1) is 6.92 Å². The maximum absolute atomic E-state index is 5.79. The predicted octanol–water partition coefficient (Wildman–Crippen LogP) is 2.10. The summed E-state index contributed by atoms with van der Waals surface area (Å²) in [6.45, 7) is 5.58. The molecule has 6 nitrogen and oxygen atoms in total. The molecule has 2 aromatic heterocycles. The van der Waals surface area contributed by atoms with Gasteiger partial charge in [0.15, 0.2) is 5.82 Å². The fourth-order valence-electron chi connectivity index (χ4n) is 2.35. The summed E-state index contributed by atoms with van der Waals surface area (Å²) in [5.41, 5.74) is 9.57. The quantitative estimate of drug-likeness (QED) is 0.744. The molecule has 0 saturated heterocycles. The van der Waals surface area contributed by atoms with Crippen molar-refractivity contribution in [1.82, 2.24) is 24.5 Å². The van der Waals surface area contributed by atoms with E-state index in [1.54, 1.807) is 6.33 Å². The second-order valence-electron chi connectivity index (χ2n) is 4.98. The zero-order valence-corrected chi connectivity index (χ0v) is 12.2. The van der Waals surface area contributed by atoms with Crippen molar-refractivity contribution in [3.8, 4) is 11.4 Å². The van der Waals surface area contributed by atoms with Gasteiger partial charge in [-0.25, -0.2) is 9.67 Å². The van der Waals surface area contributed by atoms with Gasteiger partial charge in [-0.05, 0) is 32.0 Å². The highest BCUT2D eigenvalue weighted by Gasteiger charge is 2.08. The maximum atomic E-state index is 5.79. The van der Waals surface area contributed by atoms with Gasteiger partial charge in [0.1, 0.15) is 6.33 Å². The Morgan fingerprint density at radius 2 is 2.05 bits per heavy atom. The van der Waals surface area contributed by atoms with Crippen LogP contribution in [0.4, 0.5) is 5.69 Å². The Bertz CT molecular complexity index is 755. The number of nitrogens with two attached hydrogens (primary N) is 1. The zero-order valence-electron chi connectivity index (χ0n) is 12.2. The summed E-state index contributed by atoms with van der Waals surface area (Å²) < 4.78 is 3.80. The Labute approximate surface area is 123 Å². The number of hydrogen-bond donors (Lipinski definition) is 1. The molecule has 0 unspecified atom stereocenters. The molecule has 0 fully saturated rings. The number of rotatable bonds is 4. The number of anilines is 1. The van der Waals surface area contributed by atoms with Crippen LogP contribution in [0.5, 0.6) is 0 Å². The van der Waals surface area contributed by atoms with Crippen LogP contribution >= 0.6 is 0 Å². The number of aromatic nitrogens is 5. The monoisotopic (exact) mass is 282 g/mol. The second kappa shape index (κ2) is 5.40. The molecule has 0 saturated carbocycles. The van der Waals surface area contributed by atoms with E-state index in [9.17, 15) is 0 Å². The van der Waals surface area contributed by atoms with Gasteiger partial charge in [-0.15, -0.1) is 0 Å². The van der Waals surface area contributed by atoms with E-state index in [1.807, 2.05) is 40.6 Å². The second-order valence-corrected chi connectivity index (χ2v) is 4.98. The molecule has 0 spiro atoms. The summed E-state index contributed by atoms with van der Waals surface area (Å²) in [6, 6.07) is 9.66. The predicted molar refractivity (Wildman–Crippen MR) is 81.6 cm³/mol. The third-order valence-electron chi connectivity index (χ3n) is 3.29. The lowest BCUT2D eigenvalue weighted by atomic mass is 10.2. The number of benzene rings is 1. The van der Waals surface area contributed by atoms with Crippen molar-refractivity contribution in [3.05, 3.63) is 48.0 Å². The molecule has 3 rings (SSSR count). The van der Waals surface area contributed by atoms with Gasteiger partial charge in [0.2, 0.25) is 0 Å². The van der Waals surface area contributed by atoms with Crippen LogP contribution in [0.2, 0.25) is 0 Å². The molecular formula is C15H18N6. The lowest BCUT2D eigenvalue weighted by Gasteiger charge is -2.03. The molecular weight excluding hydrogens is 264 g/mol. The van der Waals surface area contributed by atoms with Crippen LogP contribution in [0.25, 0.3) is 11.4 Å². The van der Waals surface area contributed by atoms with Crippen molar-refractivity contribution in [3.63, 3.8) is 0 Å². The topological polar surface area (TPSA) is 74.5 Å². The van der Waals surface area contributed by atoms with Crippen molar-refractivity contribution in [2.75, 3.05) is 5.73 Å². The summed E-state index contributed by atoms with van der Waals surface area (Å²) in [5, 5.41) is 8.95. The van der Waals surface area contributed by atoms with Crippen molar-refractivity contribution in [2.45, 2.75) is 26.9 Å². The van der Waals surface area contributed by atoms with Crippen LogP contribution in [0.3, 0.4) is 0 Å². The number of nitrogens with zero attached hydrogens (tertiary/aromatic N) is 5. The van der Waals surface area contributed by atoms with Gasteiger partial charge in [0.25, 0.3) is 0 Å². The minimum atomic E-state index is 0.657. The molecule has 2 N–H and O–H groups in total. The van der Waals surface area contributed by atoms with Crippen LogP contribution in [-0.4, -0.2) is 24.5 Å². The van der Waals surface area contributed by atoms with Gasteiger partial charge in [-0.3, -0.25) is 4.68 Å². The van der Waals surface area contributed by atoms with Gasteiger partial charge in [0, 0.05) is 17.8 Å². The summed E-state index contributed by atoms with van der Waals surface area (Å²) in [6.07, 6.45) is 1.74. The van der Waals surface area contributed by atoms with Crippen molar-refractivity contribution in [1.29, 1.82) is 0 Å². The third-order valence-corrected chi connectivity index (χ3v) is 3.29. The Morgan fingerprint density at radius 3 is 2.81 bits per heavy atom. The smallest absolute Gasteiger partial charge is 0.181 e. The Kier molecular flexibility index (Phi) is 3.43. The lowest BCUT2D eigenvalue weighted by Crippen LogP contribution is -2.08. The van der Waals surface area contributed by atoms with E-state index in [2.05, 4.69) is 28.2 Å².